The van der Waals surface area contributed by atoms with E-state index >= 15 is 0 Å². The molecule has 0 unspecified atom stereocenters. The van der Waals surface area contributed by atoms with Crippen molar-refractivity contribution < 1.29 is 23.8 Å². The third kappa shape index (κ3) is 6.61. The van der Waals surface area contributed by atoms with Crippen molar-refractivity contribution in [3.05, 3.63) is 33.2 Å². The van der Waals surface area contributed by atoms with Gasteiger partial charge in [0.05, 0.1) is 31.5 Å². The highest BCUT2D eigenvalue weighted by Crippen LogP contribution is 2.33. The zero-order chi connectivity index (χ0) is 20.5. The second-order valence-electron chi connectivity index (χ2n) is 5.34. The van der Waals surface area contributed by atoms with E-state index in [2.05, 4.69) is 31.4 Å². The molecule has 8 nitrogen and oxygen atoms in total. The van der Waals surface area contributed by atoms with Gasteiger partial charge in [-0.3, -0.25) is 15.0 Å². The molecule has 0 fully saturated rings. The predicted octanol–water partition coefficient (Wildman–Crippen LogP) is 3.78. The number of ether oxygens (including phenoxy) is 3. The fourth-order valence-corrected chi connectivity index (χ4v) is 3.19. The van der Waals surface area contributed by atoms with E-state index in [1.54, 1.807) is 30.7 Å². The maximum atomic E-state index is 11.5. The van der Waals surface area contributed by atoms with Gasteiger partial charge in [-0.15, -0.1) is 11.3 Å². The Balaban J connectivity index is 2.07. The molecule has 0 aliphatic carbocycles. The number of carbonyl (C=O) groups excluding carboxylic acids is 2. The zero-order valence-corrected chi connectivity index (χ0v) is 18.1. The number of carbonyl (C=O) groups is 2. The monoisotopic (exact) mass is 469 g/mol. The van der Waals surface area contributed by atoms with Gasteiger partial charge in [0.25, 0.3) is 0 Å². The van der Waals surface area contributed by atoms with Gasteiger partial charge in [0.1, 0.15) is 0 Å². The molecule has 2 rings (SSSR count). The molecule has 0 radical (unpaired) electrons. The van der Waals surface area contributed by atoms with Crippen molar-refractivity contribution in [2.75, 3.05) is 18.6 Å². The van der Waals surface area contributed by atoms with E-state index in [9.17, 15) is 9.59 Å². The highest BCUT2D eigenvalue weighted by Gasteiger charge is 2.12. The van der Waals surface area contributed by atoms with Crippen LogP contribution < -0.4 is 14.9 Å². The second-order valence-corrected chi connectivity index (χ2v) is 7.06. The molecule has 0 spiro atoms. The number of rotatable bonds is 9. The minimum Gasteiger partial charge on any atom is -0.490 e. The van der Waals surface area contributed by atoms with E-state index in [0.717, 1.165) is 5.56 Å². The third-order valence-corrected chi connectivity index (χ3v) is 4.65. The average Bonchev–Trinajstić information content (AvgIpc) is 3.05. The van der Waals surface area contributed by atoms with E-state index in [-0.39, 0.29) is 12.4 Å². The molecular formula is C18H20BrN3O5S. The smallest absolute Gasteiger partial charge is 0.311 e. The summed E-state index contributed by atoms with van der Waals surface area (Å²) >= 11 is 4.76. The molecule has 1 aromatic carbocycles. The number of nitrogens with one attached hydrogen (secondary N) is 1. The number of halogens is 1. The van der Waals surface area contributed by atoms with Gasteiger partial charge < -0.3 is 14.2 Å². The summed E-state index contributed by atoms with van der Waals surface area (Å²) in [4.78, 5) is 27.0. The quantitative estimate of drug-likeness (QED) is 0.258. The van der Waals surface area contributed by atoms with E-state index < -0.39 is 5.97 Å². The highest BCUT2D eigenvalue weighted by atomic mass is 79.9. The SMILES string of the molecule is CCOC(=O)Cc1csc(NN=Cc2cc(OCC)c(OC(C)=O)cc2Br)n1. The van der Waals surface area contributed by atoms with E-state index in [4.69, 9.17) is 14.2 Å². The summed E-state index contributed by atoms with van der Waals surface area (Å²) in [6.45, 7) is 5.69. The maximum Gasteiger partial charge on any atom is 0.311 e. The number of nitrogens with zero attached hydrogens (tertiary/aromatic N) is 2. The van der Waals surface area contributed by atoms with Gasteiger partial charge >= 0.3 is 11.9 Å². The standard InChI is InChI=1S/C18H20BrN3O5S/c1-4-25-15-6-12(14(19)8-16(15)27-11(3)23)9-20-22-18-21-13(10-28-18)7-17(24)26-5-2/h6,8-10H,4-5,7H2,1-3H3,(H,21,22). The lowest BCUT2D eigenvalue weighted by Crippen LogP contribution is -2.07. The van der Waals surface area contributed by atoms with Gasteiger partial charge in [0, 0.05) is 22.3 Å². The normalized spacial score (nSPS) is 10.7. The molecule has 28 heavy (non-hydrogen) atoms. The topological polar surface area (TPSA) is 99.1 Å². The summed E-state index contributed by atoms with van der Waals surface area (Å²) in [5.74, 6) is 0.0182. The molecule has 2 aromatic rings. The van der Waals surface area contributed by atoms with Crippen LogP contribution >= 0.6 is 27.3 Å². The van der Waals surface area contributed by atoms with E-state index in [1.165, 1.54) is 18.3 Å². The number of hydrogen-bond acceptors (Lipinski definition) is 9. The predicted molar refractivity (Wildman–Crippen MR) is 110 cm³/mol. The first-order chi connectivity index (χ1) is 13.4. The lowest BCUT2D eigenvalue weighted by molar-refractivity contribution is -0.142. The van der Waals surface area contributed by atoms with Crippen LogP contribution in [-0.2, 0) is 20.7 Å². The fraction of sp³-hybridized carbons (Fsp3) is 0.333. The molecule has 0 saturated carbocycles. The van der Waals surface area contributed by atoms with Gasteiger partial charge in [0.2, 0.25) is 5.13 Å². The average molecular weight is 470 g/mol. The number of aromatic nitrogens is 1. The Bertz CT molecular complexity index is 869. The first-order valence-corrected chi connectivity index (χ1v) is 10.1. The molecule has 0 saturated heterocycles. The van der Waals surface area contributed by atoms with Crippen LogP contribution in [0.4, 0.5) is 5.13 Å². The van der Waals surface area contributed by atoms with Crippen LogP contribution in [-0.4, -0.2) is 36.4 Å². The van der Waals surface area contributed by atoms with Gasteiger partial charge in [0.15, 0.2) is 11.5 Å². The second kappa shape index (κ2) is 10.8. The van der Waals surface area contributed by atoms with Crippen molar-refractivity contribution >= 4 is 50.6 Å². The molecule has 0 amide bonds. The zero-order valence-electron chi connectivity index (χ0n) is 15.7. The van der Waals surface area contributed by atoms with Crippen LogP contribution in [0.1, 0.15) is 32.0 Å². The number of thiazole rings is 1. The molecule has 150 valence electrons. The number of hydrazone groups is 1. The summed E-state index contributed by atoms with van der Waals surface area (Å²) in [6.07, 6.45) is 1.70. The highest BCUT2D eigenvalue weighted by molar-refractivity contribution is 9.10. The molecule has 0 aliphatic rings. The summed E-state index contributed by atoms with van der Waals surface area (Å²) in [5, 5.41) is 6.48. The van der Waals surface area contributed by atoms with Gasteiger partial charge in [-0.05, 0) is 41.9 Å². The van der Waals surface area contributed by atoms with Gasteiger partial charge in [-0.1, -0.05) is 0 Å². The number of benzene rings is 1. The lowest BCUT2D eigenvalue weighted by Gasteiger charge is -2.11. The maximum absolute atomic E-state index is 11.5. The van der Waals surface area contributed by atoms with Crippen molar-refractivity contribution in [3.8, 4) is 11.5 Å². The van der Waals surface area contributed by atoms with Crippen molar-refractivity contribution in [2.45, 2.75) is 27.2 Å². The number of esters is 2. The minimum absolute atomic E-state index is 0.122. The summed E-state index contributed by atoms with van der Waals surface area (Å²) in [5.41, 5.74) is 4.16. The Labute approximate surface area is 175 Å². The number of anilines is 1. The van der Waals surface area contributed by atoms with E-state index in [0.29, 0.717) is 40.0 Å². The molecule has 10 heteroatoms. The van der Waals surface area contributed by atoms with Crippen molar-refractivity contribution in [1.82, 2.24) is 4.98 Å². The first kappa shape index (κ1) is 21.8. The summed E-state index contributed by atoms with van der Waals surface area (Å²) < 4.78 is 16.3. The summed E-state index contributed by atoms with van der Waals surface area (Å²) in [7, 11) is 0. The molecule has 1 heterocycles. The van der Waals surface area contributed by atoms with Crippen LogP contribution in [0.2, 0.25) is 0 Å². The molecule has 0 bridgehead atoms. The Kier molecular flexibility index (Phi) is 8.40. The molecule has 0 aliphatic heterocycles. The fourth-order valence-electron chi connectivity index (χ4n) is 2.11. The first-order valence-electron chi connectivity index (χ1n) is 8.46. The number of hydrogen-bond donors (Lipinski definition) is 1. The van der Waals surface area contributed by atoms with Crippen molar-refractivity contribution in [1.29, 1.82) is 0 Å². The van der Waals surface area contributed by atoms with Crippen LogP contribution in [0.25, 0.3) is 0 Å². The van der Waals surface area contributed by atoms with Crippen LogP contribution in [0.3, 0.4) is 0 Å². The van der Waals surface area contributed by atoms with Crippen LogP contribution in [0.15, 0.2) is 27.1 Å². The largest absolute Gasteiger partial charge is 0.490 e. The Morgan fingerprint density at radius 2 is 2.07 bits per heavy atom. The van der Waals surface area contributed by atoms with Crippen molar-refractivity contribution in [2.24, 2.45) is 5.10 Å². The molecular weight excluding hydrogens is 450 g/mol. The third-order valence-electron chi connectivity index (χ3n) is 3.16. The van der Waals surface area contributed by atoms with Crippen molar-refractivity contribution in [3.63, 3.8) is 0 Å². The molecule has 1 aromatic heterocycles. The lowest BCUT2D eigenvalue weighted by atomic mass is 10.2. The minimum atomic E-state index is -0.432. The summed E-state index contributed by atoms with van der Waals surface area (Å²) in [6, 6.07) is 3.36. The van der Waals surface area contributed by atoms with Crippen LogP contribution in [0, 0.1) is 0 Å². The van der Waals surface area contributed by atoms with E-state index in [1.807, 2.05) is 6.92 Å². The van der Waals surface area contributed by atoms with Gasteiger partial charge in [-0.2, -0.15) is 5.10 Å². The Morgan fingerprint density at radius 1 is 1.29 bits per heavy atom. The Hall–Kier alpha value is -2.46. The van der Waals surface area contributed by atoms with Gasteiger partial charge in [-0.25, -0.2) is 4.98 Å². The molecule has 0 atom stereocenters. The Morgan fingerprint density at radius 3 is 2.75 bits per heavy atom. The van der Waals surface area contributed by atoms with Crippen LogP contribution in [0.5, 0.6) is 11.5 Å². The molecule has 1 N–H and O–H groups in total.